The first-order valence-electron chi connectivity index (χ1n) is 2.96. The molecule has 0 saturated heterocycles. The maximum atomic E-state index is 10.6. The predicted molar refractivity (Wildman–Crippen MR) is 38.8 cm³/mol. The number of nitrogens with one attached hydrogen (secondary N) is 2. The standard InChI is InChI=1S/C6H10N2O3/c1-7-5(10)3-4(9)6(11)8-2/h3,9H,1-2H3,(H,7,10)(H,8,11). The largest absolute Gasteiger partial charge is 0.503 e. The molecule has 62 valence electrons. The van der Waals surface area contributed by atoms with Crippen LogP contribution in [-0.2, 0) is 9.59 Å². The lowest BCUT2D eigenvalue weighted by atomic mass is 10.4. The van der Waals surface area contributed by atoms with E-state index in [0.29, 0.717) is 0 Å². The molecule has 0 saturated carbocycles. The molecular weight excluding hydrogens is 148 g/mol. The van der Waals surface area contributed by atoms with Crippen molar-refractivity contribution in [3.05, 3.63) is 11.8 Å². The van der Waals surface area contributed by atoms with Gasteiger partial charge in [0.2, 0.25) is 5.91 Å². The molecule has 0 aromatic rings. The van der Waals surface area contributed by atoms with Crippen LogP contribution in [0.5, 0.6) is 0 Å². The van der Waals surface area contributed by atoms with E-state index in [-0.39, 0.29) is 0 Å². The van der Waals surface area contributed by atoms with Crippen molar-refractivity contribution >= 4 is 11.8 Å². The molecule has 0 aromatic heterocycles. The highest BCUT2D eigenvalue weighted by Gasteiger charge is 2.05. The molecule has 0 aliphatic rings. The zero-order valence-electron chi connectivity index (χ0n) is 6.34. The molecule has 0 rings (SSSR count). The Morgan fingerprint density at radius 2 is 1.82 bits per heavy atom. The Hall–Kier alpha value is -1.52. The predicted octanol–water partition coefficient (Wildman–Crippen LogP) is -1.08. The number of aliphatic hydroxyl groups is 1. The summed E-state index contributed by atoms with van der Waals surface area (Å²) in [6, 6.07) is 0. The van der Waals surface area contributed by atoms with E-state index in [4.69, 9.17) is 5.11 Å². The summed E-state index contributed by atoms with van der Waals surface area (Å²) in [6.07, 6.45) is 0.804. The zero-order chi connectivity index (χ0) is 8.85. The van der Waals surface area contributed by atoms with Gasteiger partial charge in [0.15, 0.2) is 5.76 Å². The van der Waals surface area contributed by atoms with Crippen molar-refractivity contribution in [1.29, 1.82) is 0 Å². The molecule has 0 radical (unpaired) electrons. The number of carbonyl (C=O) groups is 2. The van der Waals surface area contributed by atoms with E-state index in [1.54, 1.807) is 0 Å². The van der Waals surface area contributed by atoms with Gasteiger partial charge in [-0.05, 0) is 0 Å². The second kappa shape index (κ2) is 4.32. The van der Waals surface area contributed by atoms with Crippen LogP contribution in [0.4, 0.5) is 0 Å². The fourth-order valence-electron chi connectivity index (χ4n) is 0.390. The topological polar surface area (TPSA) is 78.4 Å². The summed E-state index contributed by atoms with van der Waals surface area (Å²) in [5, 5.41) is 13.2. The highest BCUT2D eigenvalue weighted by atomic mass is 16.3. The lowest BCUT2D eigenvalue weighted by Gasteiger charge is -1.96. The Balaban J connectivity index is 4.21. The molecule has 5 nitrogen and oxygen atoms in total. The first-order chi connectivity index (χ1) is 5.11. The van der Waals surface area contributed by atoms with Gasteiger partial charge < -0.3 is 15.7 Å². The summed E-state index contributed by atoms with van der Waals surface area (Å²) in [4.78, 5) is 21.1. The number of hydrogen-bond acceptors (Lipinski definition) is 3. The van der Waals surface area contributed by atoms with Crippen LogP contribution < -0.4 is 10.6 Å². The van der Waals surface area contributed by atoms with Gasteiger partial charge in [0.1, 0.15) is 0 Å². The summed E-state index contributed by atoms with van der Waals surface area (Å²) in [6.45, 7) is 0. The van der Waals surface area contributed by atoms with Crippen LogP contribution in [0.25, 0.3) is 0 Å². The molecule has 0 heterocycles. The highest BCUT2D eigenvalue weighted by molar-refractivity contribution is 5.98. The van der Waals surface area contributed by atoms with Gasteiger partial charge in [0.05, 0.1) is 6.08 Å². The van der Waals surface area contributed by atoms with Crippen molar-refractivity contribution in [3.8, 4) is 0 Å². The number of likely N-dealkylation sites (N-methyl/N-ethyl adjacent to an activating group) is 2. The van der Waals surface area contributed by atoms with E-state index >= 15 is 0 Å². The molecule has 0 bridgehead atoms. The van der Waals surface area contributed by atoms with Gasteiger partial charge in [-0.25, -0.2) is 0 Å². The Morgan fingerprint density at radius 3 is 2.18 bits per heavy atom. The van der Waals surface area contributed by atoms with Gasteiger partial charge in [0.25, 0.3) is 5.91 Å². The fourth-order valence-corrected chi connectivity index (χ4v) is 0.390. The van der Waals surface area contributed by atoms with Crippen molar-refractivity contribution in [2.75, 3.05) is 14.1 Å². The third-order valence-electron chi connectivity index (χ3n) is 0.974. The van der Waals surface area contributed by atoms with Crippen LogP contribution in [0.3, 0.4) is 0 Å². The molecule has 0 fully saturated rings. The number of amides is 2. The van der Waals surface area contributed by atoms with Crippen LogP contribution in [0.15, 0.2) is 11.8 Å². The second-order valence-corrected chi connectivity index (χ2v) is 1.72. The van der Waals surface area contributed by atoms with Gasteiger partial charge in [-0.1, -0.05) is 0 Å². The van der Waals surface area contributed by atoms with Gasteiger partial charge in [-0.2, -0.15) is 0 Å². The van der Waals surface area contributed by atoms with E-state index in [2.05, 4.69) is 10.6 Å². The molecule has 11 heavy (non-hydrogen) atoms. The molecule has 2 amide bonds. The van der Waals surface area contributed by atoms with Crippen molar-refractivity contribution in [1.82, 2.24) is 10.6 Å². The maximum absolute atomic E-state index is 10.6. The minimum atomic E-state index is -0.686. The van der Waals surface area contributed by atoms with E-state index in [1.165, 1.54) is 14.1 Å². The quantitative estimate of drug-likeness (QED) is 0.353. The Bertz CT molecular complexity index is 198. The SMILES string of the molecule is CNC(=O)C=C(O)C(=O)NC. The third kappa shape index (κ3) is 3.24. The number of carbonyl (C=O) groups excluding carboxylic acids is 2. The third-order valence-corrected chi connectivity index (χ3v) is 0.974. The maximum Gasteiger partial charge on any atom is 0.286 e. The average Bonchev–Trinajstić information content (AvgIpc) is 2.02. The number of aliphatic hydroxyl groups excluding tert-OH is 1. The summed E-state index contributed by atoms with van der Waals surface area (Å²) in [5.41, 5.74) is 0. The molecule has 0 unspecified atom stereocenters. The molecular formula is C6H10N2O3. The number of hydrogen-bond donors (Lipinski definition) is 3. The van der Waals surface area contributed by atoms with Crippen LogP contribution in [0.2, 0.25) is 0 Å². The van der Waals surface area contributed by atoms with E-state index in [9.17, 15) is 9.59 Å². The minimum Gasteiger partial charge on any atom is -0.503 e. The smallest absolute Gasteiger partial charge is 0.286 e. The fraction of sp³-hybridized carbons (Fsp3) is 0.333. The highest BCUT2D eigenvalue weighted by Crippen LogP contribution is 1.85. The first kappa shape index (κ1) is 9.48. The zero-order valence-corrected chi connectivity index (χ0v) is 6.34. The van der Waals surface area contributed by atoms with E-state index < -0.39 is 17.6 Å². The summed E-state index contributed by atoms with van der Waals surface area (Å²) >= 11 is 0. The normalized spacial score (nSPS) is 10.5. The van der Waals surface area contributed by atoms with Crippen molar-refractivity contribution < 1.29 is 14.7 Å². The van der Waals surface area contributed by atoms with Gasteiger partial charge in [-0.3, -0.25) is 9.59 Å². The van der Waals surface area contributed by atoms with Crippen molar-refractivity contribution in [2.24, 2.45) is 0 Å². The molecule has 0 aromatic carbocycles. The average molecular weight is 158 g/mol. The van der Waals surface area contributed by atoms with Crippen LogP contribution in [0, 0.1) is 0 Å². The van der Waals surface area contributed by atoms with Gasteiger partial charge in [-0.15, -0.1) is 0 Å². The van der Waals surface area contributed by atoms with Crippen LogP contribution in [-0.4, -0.2) is 31.0 Å². The molecule has 3 N–H and O–H groups in total. The molecule has 0 aliphatic heterocycles. The summed E-state index contributed by atoms with van der Waals surface area (Å²) in [7, 11) is 2.76. The monoisotopic (exact) mass is 158 g/mol. The van der Waals surface area contributed by atoms with Crippen LogP contribution >= 0.6 is 0 Å². The molecule has 0 aliphatic carbocycles. The van der Waals surface area contributed by atoms with E-state index in [0.717, 1.165) is 6.08 Å². The first-order valence-corrected chi connectivity index (χ1v) is 2.96. The Morgan fingerprint density at radius 1 is 1.27 bits per heavy atom. The molecule has 5 heteroatoms. The lowest BCUT2D eigenvalue weighted by molar-refractivity contribution is -0.121. The molecule has 0 spiro atoms. The van der Waals surface area contributed by atoms with Crippen molar-refractivity contribution in [2.45, 2.75) is 0 Å². The van der Waals surface area contributed by atoms with Gasteiger partial charge in [0, 0.05) is 14.1 Å². The summed E-state index contributed by atoms with van der Waals surface area (Å²) < 4.78 is 0. The van der Waals surface area contributed by atoms with Crippen LogP contribution in [0.1, 0.15) is 0 Å². The Labute approximate surface area is 64.1 Å². The second-order valence-electron chi connectivity index (χ2n) is 1.72. The summed E-state index contributed by atoms with van der Waals surface area (Å²) in [5.74, 6) is -1.81. The minimum absolute atomic E-state index is 0.522. The van der Waals surface area contributed by atoms with Gasteiger partial charge >= 0.3 is 0 Å². The lowest BCUT2D eigenvalue weighted by Crippen LogP contribution is -2.23. The number of rotatable bonds is 2. The molecule has 0 atom stereocenters. The Kier molecular flexibility index (Phi) is 3.72. The van der Waals surface area contributed by atoms with Crippen molar-refractivity contribution in [3.63, 3.8) is 0 Å². The van der Waals surface area contributed by atoms with E-state index in [1.807, 2.05) is 0 Å².